The van der Waals surface area contributed by atoms with Gasteiger partial charge in [-0.25, -0.2) is 13.1 Å². The van der Waals surface area contributed by atoms with Crippen molar-refractivity contribution < 1.29 is 13.2 Å². The molecule has 8 heteroatoms. The van der Waals surface area contributed by atoms with Crippen molar-refractivity contribution in [1.82, 2.24) is 4.72 Å². The molecule has 0 spiro atoms. The number of piperidine rings is 1. The van der Waals surface area contributed by atoms with Gasteiger partial charge in [0.15, 0.2) is 0 Å². The van der Waals surface area contributed by atoms with Gasteiger partial charge in [0.25, 0.3) is 0 Å². The maximum absolute atomic E-state index is 13.0. The Labute approximate surface area is 189 Å². The molecule has 1 heterocycles. The Morgan fingerprint density at radius 3 is 2.52 bits per heavy atom. The average Bonchev–Trinajstić information content (AvgIpc) is 2.73. The Morgan fingerprint density at radius 2 is 1.90 bits per heavy atom. The fourth-order valence-electron chi connectivity index (χ4n) is 3.91. The molecule has 0 unspecified atom stereocenters. The molecule has 1 amide bonds. The summed E-state index contributed by atoms with van der Waals surface area (Å²) in [6.45, 7) is 7.64. The van der Waals surface area contributed by atoms with E-state index in [0.29, 0.717) is 11.6 Å². The van der Waals surface area contributed by atoms with E-state index in [-0.39, 0.29) is 16.8 Å². The van der Waals surface area contributed by atoms with Gasteiger partial charge in [-0.15, -0.1) is 11.8 Å². The van der Waals surface area contributed by atoms with E-state index < -0.39 is 10.0 Å². The Morgan fingerprint density at radius 1 is 1.19 bits per heavy atom. The zero-order chi connectivity index (χ0) is 22.6. The van der Waals surface area contributed by atoms with Crippen molar-refractivity contribution >= 4 is 39.1 Å². The summed E-state index contributed by atoms with van der Waals surface area (Å²) < 4.78 is 28.7. The molecule has 0 bridgehead atoms. The summed E-state index contributed by atoms with van der Waals surface area (Å²) in [5.41, 5.74) is 2.58. The topological polar surface area (TPSA) is 78.5 Å². The number of thioether (sulfide) groups is 1. The number of carbonyl (C=O) groups is 1. The SMILES string of the molecule is CSc1ccc(S(=O)(=O)N[C@@H](C)c2ccc(N3CCC[C@H](C)C3)cc2)cc1NC(C)=O. The Hall–Kier alpha value is -2.03. The van der Waals surface area contributed by atoms with Crippen molar-refractivity contribution in [3.63, 3.8) is 0 Å². The van der Waals surface area contributed by atoms with Crippen LogP contribution in [0.25, 0.3) is 0 Å². The van der Waals surface area contributed by atoms with Crippen LogP contribution in [0.4, 0.5) is 11.4 Å². The highest BCUT2D eigenvalue weighted by Gasteiger charge is 2.21. The molecule has 0 aliphatic carbocycles. The molecule has 168 valence electrons. The standard InChI is InChI=1S/C23H31N3O3S2/c1-16-6-5-13-26(15-16)20-9-7-19(8-10-20)17(2)25-31(28,29)21-11-12-23(30-4)22(14-21)24-18(3)27/h7-12,14,16-17,25H,5-6,13,15H2,1-4H3,(H,24,27)/t16-,17-/m0/s1. The van der Waals surface area contributed by atoms with Crippen LogP contribution in [-0.4, -0.2) is 33.7 Å². The van der Waals surface area contributed by atoms with Crippen LogP contribution in [0.2, 0.25) is 0 Å². The van der Waals surface area contributed by atoms with E-state index >= 15 is 0 Å². The van der Waals surface area contributed by atoms with Gasteiger partial charge in [0, 0.05) is 36.6 Å². The quantitative estimate of drug-likeness (QED) is 0.587. The largest absolute Gasteiger partial charge is 0.371 e. The molecule has 31 heavy (non-hydrogen) atoms. The van der Waals surface area contributed by atoms with Crippen LogP contribution < -0.4 is 14.9 Å². The van der Waals surface area contributed by atoms with Gasteiger partial charge >= 0.3 is 0 Å². The zero-order valence-corrected chi connectivity index (χ0v) is 20.1. The number of nitrogens with zero attached hydrogens (tertiary/aromatic N) is 1. The van der Waals surface area contributed by atoms with E-state index in [2.05, 4.69) is 34.0 Å². The summed E-state index contributed by atoms with van der Waals surface area (Å²) in [5, 5.41) is 2.71. The van der Waals surface area contributed by atoms with Crippen molar-refractivity contribution in [3.8, 4) is 0 Å². The van der Waals surface area contributed by atoms with Crippen LogP contribution in [0.3, 0.4) is 0 Å². The van der Waals surface area contributed by atoms with Crippen LogP contribution in [0.15, 0.2) is 52.3 Å². The van der Waals surface area contributed by atoms with Crippen molar-refractivity contribution in [2.75, 3.05) is 29.6 Å². The molecule has 2 aromatic carbocycles. The first-order chi connectivity index (χ1) is 14.7. The summed E-state index contributed by atoms with van der Waals surface area (Å²) in [4.78, 5) is 14.8. The van der Waals surface area contributed by atoms with E-state index in [1.807, 2.05) is 25.3 Å². The summed E-state index contributed by atoms with van der Waals surface area (Å²) in [7, 11) is -3.75. The number of carbonyl (C=O) groups excluding carboxylic acids is 1. The van der Waals surface area contributed by atoms with Crippen LogP contribution in [-0.2, 0) is 14.8 Å². The van der Waals surface area contributed by atoms with Gasteiger partial charge in [0.05, 0.1) is 10.6 Å². The van der Waals surface area contributed by atoms with Crippen LogP contribution >= 0.6 is 11.8 Å². The fraction of sp³-hybridized carbons (Fsp3) is 0.435. The summed E-state index contributed by atoms with van der Waals surface area (Å²) >= 11 is 1.45. The van der Waals surface area contributed by atoms with Gasteiger partial charge in [0.1, 0.15) is 0 Å². The Balaban J connectivity index is 1.74. The molecule has 3 rings (SSSR count). The Bertz CT molecular complexity index is 1020. The molecular formula is C23H31N3O3S2. The summed E-state index contributed by atoms with van der Waals surface area (Å²) in [6, 6.07) is 12.5. The lowest BCUT2D eigenvalue weighted by atomic mass is 9.99. The van der Waals surface area contributed by atoms with Gasteiger partial charge in [-0.1, -0.05) is 19.1 Å². The van der Waals surface area contributed by atoms with Gasteiger partial charge < -0.3 is 10.2 Å². The number of rotatable bonds is 7. The summed E-state index contributed by atoms with van der Waals surface area (Å²) in [6.07, 6.45) is 4.35. The smallest absolute Gasteiger partial charge is 0.241 e. The monoisotopic (exact) mass is 461 g/mol. The maximum atomic E-state index is 13.0. The molecule has 2 N–H and O–H groups in total. The van der Waals surface area contributed by atoms with E-state index in [1.54, 1.807) is 12.1 Å². The molecule has 1 aliphatic rings. The van der Waals surface area contributed by atoms with E-state index in [4.69, 9.17) is 0 Å². The number of nitrogens with one attached hydrogen (secondary N) is 2. The minimum Gasteiger partial charge on any atom is -0.371 e. The van der Waals surface area contributed by atoms with Crippen molar-refractivity contribution in [1.29, 1.82) is 0 Å². The number of hydrogen-bond acceptors (Lipinski definition) is 5. The average molecular weight is 462 g/mol. The number of sulfonamides is 1. The fourth-order valence-corrected chi connectivity index (χ4v) is 5.70. The molecule has 2 atom stereocenters. The van der Waals surface area contributed by atoms with E-state index in [0.717, 1.165) is 23.5 Å². The van der Waals surface area contributed by atoms with Gasteiger partial charge in [-0.3, -0.25) is 4.79 Å². The van der Waals surface area contributed by atoms with Gasteiger partial charge in [-0.05, 0) is 67.8 Å². The van der Waals surface area contributed by atoms with Crippen LogP contribution in [0.5, 0.6) is 0 Å². The normalized spacial score (nSPS) is 17.9. The lowest BCUT2D eigenvalue weighted by Crippen LogP contribution is -2.34. The molecule has 0 radical (unpaired) electrons. The maximum Gasteiger partial charge on any atom is 0.241 e. The van der Waals surface area contributed by atoms with Gasteiger partial charge in [0.2, 0.25) is 15.9 Å². The molecule has 1 aliphatic heterocycles. The first-order valence-electron chi connectivity index (χ1n) is 10.5. The van der Waals surface area contributed by atoms with E-state index in [9.17, 15) is 13.2 Å². The van der Waals surface area contributed by atoms with Crippen molar-refractivity contribution in [3.05, 3.63) is 48.0 Å². The molecule has 2 aromatic rings. The second-order valence-corrected chi connectivity index (χ2v) is 10.7. The lowest BCUT2D eigenvalue weighted by molar-refractivity contribution is -0.114. The molecule has 0 aromatic heterocycles. The number of hydrogen-bond donors (Lipinski definition) is 2. The molecule has 6 nitrogen and oxygen atoms in total. The minimum atomic E-state index is -3.75. The van der Waals surface area contributed by atoms with Gasteiger partial charge in [-0.2, -0.15) is 0 Å². The first-order valence-corrected chi connectivity index (χ1v) is 13.2. The summed E-state index contributed by atoms with van der Waals surface area (Å²) in [5.74, 6) is 0.452. The second-order valence-electron chi connectivity index (χ2n) is 8.17. The van der Waals surface area contributed by atoms with Crippen LogP contribution in [0, 0.1) is 5.92 Å². The minimum absolute atomic E-state index is 0.125. The number of benzene rings is 2. The molecule has 1 saturated heterocycles. The third-order valence-corrected chi connectivity index (χ3v) is 7.87. The molecule has 0 saturated carbocycles. The first kappa shape index (κ1) is 23.6. The molecule has 1 fully saturated rings. The van der Waals surface area contributed by atoms with Crippen molar-refractivity contribution in [2.24, 2.45) is 5.92 Å². The Kier molecular flexibility index (Phi) is 7.67. The zero-order valence-electron chi connectivity index (χ0n) is 18.5. The third-order valence-electron chi connectivity index (χ3n) is 5.54. The second kappa shape index (κ2) is 10.1. The third kappa shape index (κ3) is 6.02. The number of anilines is 2. The predicted molar refractivity (Wildman–Crippen MR) is 128 cm³/mol. The van der Waals surface area contributed by atoms with Crippen LogP contribution in [0.1, 0.15) is 45.2 Å². The number of amides is 1. The lowest BCUT2D eigenvalue weighted by Gasteiger charge is -2.33. The highest BCUT2D eigenvalue weighted by atomic mass is 32.2. The van der Waals surface area contributed by atoms with E-state index in [1.165, 1.54) is 43.3 Å². The van der Waals surface area contributed by atoms with Crippen molar-refractivity contribution in [2.45, 2.75) is 49.4 Å². The molecular weight excluding hydrogens is 430 g/mol. The highest BCUT2D eigenvalue weighted by molar-refractivity contribution is 7.98. The highest BCUT2D eigenvalue weighted by Crippen LogP contribution is 2.29. The predicted octanol–water partition coefficient (Wildman–Crippen LogP) is 4.64.